The molecule has 0 saturated heterocycles. The van der Waals surface area contributed by atoms with Crippen LogP contribution in [-0.4, -0.2) is 29.4 Å². The number of hydrogen-bond acceptors (Lipinski definition) is 7. The summed E-state index contributed by atoms with van der Waals surface area (Å²) in [4.78, 5) is 23.8. The van der Waals surface area contributed by atoms with Gasteiger partial charge in [0.2, 0.25) is 5.75 Å². The third-order valence-electron chi connectivity index (χ3n) is 4.45. The van der Waals surface area contributed by atoms with Gasteiger partial charge in [-0.05, 0) is 45.9 Å². The number of ether oxygens (including phenoxy) is 2. The lowest BCUT2D eigenvalue weighted by atomic mass is 10.0. The SMILES string of the molecule is CC=C(C)C(=O)O[C@@H](COc1c2occc2cc2ccc(=O)oc12)C(C)(C)O. The Morgan fingerprint density at radius 3 is 2.64 bits per heavy atom. The highest BCUT2D eigenvalue weighted by molar-refractivity contribution is 5.99. The smallest absolute Gasteiger partial charge is 0.336 e. The van der Waals surface area contributed by atoms with Crippen LogP contribution in [0.4, 0.5) is 0 Å². The fraction of sp³-hybridized carbons (Fsp3) is 0.333. The Hall–Kier alpha value is -3.06. The molecule has 0 radical (unpaired) electrons. The molecule has 0 spiro atoms. The summed E-state index contributed by atoms with van der Waals surface area (Å²) in [7, 11) is 0. The van der Waals surface area contributed by atoms with Gasteiger partial charge < -0.3 is 23.4 Å². The van der Waals surface area contributed by atoms with Crippen LogP contribution in [0.15, 0.2) is 55.8 Å². The van der Waals surface area contributed by atoms with Gasteiger partial charge in [-0.15, -0.1) is 0 Å². The van der Waals surface area contributed by atoms with Crippen molar-refractivity contribution in [3.8, 4) is 5.75 Å². The maximum Gasteiger partial charge on any atom is 0.336 e. The van der Waals surface area contributed by atoms with Crippen LogP contribution in [0, 0.1) is 0 Å². The molecule has 2 heterocycles. The lowest BCUT2D eigenvalue weighted by Crippen LogP contribution is -2.44. The molecule has 7 nitrogen and oxygen atoms in total. The second-order valence-corrected chi connectivity index (χ2v) is 7.05. The molecule has 1 atom stereocenters. The number of esters is 1. The van der Waals surface area contributed by atoms with Crippen LogP contribution >= 0.6 is 0 Å². The molecule has 0 fully saturated rings. The number of benzene rings is 1. The van der Waals surface area contributed by atoms with Crippen LogP contribution in [0.25, 0.3) is 21.9 Å². The fourth-order valence-corrected chi connectivity index (χ4v) is 2.62. The molecule has 3 aromatic rings. The highest BCUT2D eigenvalue weighted by atomic mass is 16.6. The van der Waals surface area contributed by atoms with Gasteiger partial charge in [0.15, 0.2) is 17.3 Å². The Morgan fingerprint density at radius 1 is 1.25 bits per heavy atom. The van der Waals surface area contributed by atoms with Gasteiger partial charge >= 0.3 is 11.6 Å². The van der Waals surface area contributed by atoms with Crippen molar-refractivity contribution in [2.24, 2.45) is 0 Å². The Morgan fingerprint density at radius 2 is 1.96 bits per heavy atom. The predicted octanol–water partition coefficient (Wildman–Crippen LogP) is 3.57. The number of hydrogen-bond donors (Lipinski definition) is 1. The molecule has 0 bridgehead atoms. The zero-order valence-electron chi connectivity index (χ0n) is 16.1. The van der Waals surface area contributed by atoms with E-state index in [0.717, 1.165) is 5.39 Å². The second kappa shape index (κ2) is 7.52. The Kier molecular flexibility index (Phi) is 5.29. The Labute approximate surface area is 161 Å². The van der Waals surface area contributed by atoms with Gasteiger partial charge in [-0.2, -0.15) is 0 Å². The van der Waals surface area contributed by atoms with Crippen molar-refractivity contribution in [2.45, 2.75) is 39.4 Å². The topological polar surface area (TPSA) is 99.1 Å². The molecule has 0 amide bonds. The van der Waals surface area contributed by atoms with Gasteiger partial charge in [0.1, 0.15) is 6.61 Å². The van der Waals surface area contributed by atoms with E-state index in [1.165, 1.54) is 26.2 Å². The second-order valence-electron chi connectivity index (χ2n) is 7.05. The molecule has 0 unspecified atom stereocenters. The average Bonchev–Trinajstić information content (AvgIpc) is 3.10. The lowest BCUT2D eigenvalue weighted by molar-refractivity contribution is -0.160. The van der Waals surface area contributed by atoms with Gasteiger partial charge in [-0.3, -0.25) is 0 Å². The summed E-state index contributed by atoms with van der Waals surface area (Å²) >= 11 is 0. The highest BCUT2D eigenvalue weighted by Gasteiger charge is 2.32. The molecule has 28 heavy (non-hydrogen) atoms. The summed E-state index contributed by atoms with van der Waals surface area (Å²) in [6.07, 6.45) is 2.15. The van der Waals surface area contributed by atoms with Crippen molar-refractivity contribution in [3.63, 3.8) is 0 Å². The minimum absolute atomic E-state index is 0.167. The maximum absolute atomic E-state index is 12.1. The van der Waals surface area contributed by atoms with E-state index in [1.54, 1.807) is 32.1 Å². The molecular formula is C21H22O7. The summed E-state index contributed by atoms with van der Waals surface area (Å²) in [5, 5.41) is 11.8. The Bertz CT molecular complexity index is 1100. The maximum atomic E-state index is 12.1. The number of allylic oxidation sites excluding steroid dienone is 1. The van der Waals surface area contributed by atoms with E-state index in [-0.39, 0.29) is 17.9 Å². The highest BCUT2D eigenvalue weighted by Crippen LogP contribution is 2.35. The molecule has 1 aromatic carbocycles. The number of rotatable bonds is 6. The normalized spacial score (nSPS) is 13.7. The predicted molar refractivity (Wildman–Crippen MR) is 103 cm³/mol. The quantitative estimate of drug-likeness (QED) is 0.393. The Balaban J connectivity index is 1.97. The first-order valence-corrected chi connectivity index (χ1v) is 8.84. The van der Waals surface area contributed by atoms with Crippen LogP contribution in [0.1, 0.15) is 27.7 Å². The minimum Gasteiger partial charge on any atom is -0.482 e. The molecule has 148 valence electrons. The molecule has 3 rings (SSSR count). The van der Waals surface area contributed by atoms with Crippen molar-refractivity contribution >= 4 is 27.9 Å². The molecule has 1 N–H and O–H groups in total. The van der Waals surface area contributed by atoms with E-state index in [1.807, 2.05) is 6.07 Å². The fourth-order valence-electron chi connectivity index (χ4n) is 2.62. The average molecular weight is 386 g/mol. The monoisotopic (exact) mass is 386 g/mol. The zero-order chi connectivity index (χ0) is 20.5. The third-order valence-corrected chi connectivity index (χ3v) is 4.45. The van der Waals surface area contributed by atoms with E-state index >= 15 is 0 Å². The summed E-state index contributed by atoms with van der Waals surface area (Å²) in [5.41, 5.74) is -0.860. The van der Waals surface area contributed by atoms with Gasteiger partial charge in [-0.1, -0.05) is 6.08 Å². The summed E-state index contributed by atoms with van der Waals surface area (Å²) in [6.45, 7) is 6.21. The molecule has 0 aliphatic rings. The third kappa shape index (κ3) is 3.94. The molecule has 2 aromatic heterocycles. The summed E-state index contributed by atoms with van der Waals surface area (Å²) in [6, 6.07) is 6.52. The zero-order valence-corrected chi connectivity index (χ0v) is 16.1. The van der Waals surface area contributed by atoms with Crippen LogP contribution in [-0.2, 0) is 9.53 Å². The van der Waals surface area contributed by atoms with Crippen molar-refractivity contribution in [1.29, 1.82) is 0 Å². The molecule has 0 aliphatic heterocycles. The molecule has 0 saturated carbocycles. The van der Waals surface area contributed by atoms with E-state index < -0.39 is 23.3 Å². The number of carbonyl (C=O) groups is 1. The molecule has 0 aliphatic carbocycles. The standard InChI is InChI=1S/C21H22O7/c1-5-12(2)20(23)27-15(21(3,4)24)11-26-19-17-14(8-9-25-17)10-13-6-7-16(22)28-18(13)19/h5-10,15,24H,11H2,1-4H3/t15-/m0/s1. The molecule has 7 heteroatoms. The van der Waals surface area contributed by atoms with E-state index in [2.05, 4.69) is 0 Å². The van der Waals surface area contributed by atoms with Crippen molar-refractivity contribution in [3.05, 3.63) is 52.6 Å². The largest absolute Gasteiger partial charge is 0.482 e. The van der Waals surface area contributed by atoms with Gasteiger partial charge in [-0.25, -0.2) is 9.59 Å². The van der Waals surface area contributed by atoms with E-state index in [9.17, 15) is 14.7 Å². The van der Waals surface area contributed by atoms with E-state index in [0.29, 0.717) is 16.5 Å². The molecular weight excluding hydrogens is 364 g/mol. The van der Waals surface area contributed by atoms with Crippen LogP contribution in [0.3, 0.4) is 0 Å². The van der Waals surface area contributed by atoms with E-state index in [4.69, 9.17) is 18.3 Å². The van der Waals surface area contributed by atoms with Crippen molar-refractivity contribution in [1.82, 2.24) is 0 Å². The van der Waals surface area contributed by atoms with Gasteiger partial charge in [0.05, 0.1) is 11.9 Å². The first-order chi connectivity index (χ1) is 13.2. The van der Waals surface area contributed by atoms with Crippen molar-refractivity contribution in [2.75, 3.05) is 6.61 Å². The first-order valence-electron chi connectivity index (χ1n) is 8.84. The first kappa shape index (κ1) is 19.7. The number of fused-ring (bicyclic) bond motifs is 2. The number of furan rings is 1. The van der Waals surface area contributed by atoms with Crippen LogP contribution in [0.5, 0.6) is 5.75 Å². The number of carbonyl (C=O) groups excluding carboxylic acids is 1. The summed E-state index contributed by atoms with van der Waals surface area (Å²) < 4.78 is 22.1. The van der Waals surface area contributed by atoms with Gasteiger partial charge in [0.25, 0.3) is 0 Å². The lowest BCUT2D eigenvalue weighted by Gasteiger charge is -2.29. The van der Waals surface area contributed by atoms with Crippen LogP contribution in [0.2, 0.25) is 0 Å². The number of aliphatic hydroxyl groups is 1. The summed E-state index contributed by atoms with van der Waals surface area (Å²) in [5.74, 6) is -0.339. The minimum atomic E-state index is -1.36. The van der Waals surface area contributed by atoms with Crippen LogP contribution < -0.4 is 10.4 Å². The van der Waals surface area contributed by atoms with Gasteiger partial charge in [0, 0.05) is 22.4 Å². The van der Waals surface area contributed by atoms with Crippen molar-refractivity contribution < 1.29 is 28.2 Å².